The summed E-state index contributed by atoms with van der Waals surface area (Å²) in [6.07, 6.45) is 1.48. The van der Waals surface area contributed by atoms with Crippen LogP contribution >= 0.6 is 8.25 Å². The number of hydrogen-bond donors (Lipinski definition) is 3. The first-order chi connectivity index (χ1) is 5.45. The lowest BCUT2D eigenvalue weighted by atomic mass is 10.1. The third kappa shape index (κ3) is 12.2. The summed E-state index contributed by atoms with van der Waals surface area (Å²) in [5.74, 6) is -0.801. The maximum Gasteiger partial charge on any atom is 0.692 e. The molecule has 0 aliphatic carbocycles. The number of carboxylic acids is 1. The lowest BCUT2D eigenvalue weighted by Crippen LogP contribution is -2.10. The molecule has 0 saturated heterocycles. The first kappa shape index (κ1) is 14.0. The minimum absolute atomic E-state index is 0.130. The number of carboxylic acid groups (broad SMARTS) is 1. The van der Waals surface area contributed by atoms with Gasteiger partial charge in [-0.05, 0) is 12.8 Å². The van der Waals surface area contributed by atoms with E-state index in [2.05, 4.69) is 0 Å². The molecule has 0 unspecified atom stereocenters. The lowest BCUT2D eigenvalue weighted by molar-refractivity contribution is -0.141. The highest BCUT2D eigenvalue weighted by Gasteiger charge is 2.10. The van der Waals surface area contributed by atoms with E-state index in [1.807, 2.05) is 13.8 Å². The predicted octanol–water partition coefficient (Wildman–Crippen LogP) is 1.14. The Balaban J connectivity index is 0. The van der Waals surface area contributed by atoms with Crippen LogP contribution in [0.15, 0.2) is 0 Å². The van der Waals surface area contributed by atoms with Crippen LogP contribution in [0.3, 0.4) is 0 Å². The second kappa shape index (κ2) is 8.59. The Morgan fingerprint density at radius 1 is 1.33 bits per heavy atom. The Labute approximate surface area is 72.0 Å². The van der Waals surface area contributed by atoms with Gasteiger partial charge in [-0.15, -0.1) is 9.79 Å². The molecule has 0 spiro atoms. The highest BCUT2D eigenvalue weighted by molar-refractivity contribution is 7.30. The molecule has 0 aromatic rings. The van der Waals surface area contributed by atoms with Crippen molar-refractivity contribution in [2.45, 2.75) is 26.7 Å². The largest absolute Gasteiger partial charge is 0.692 e. The molecule has 72 valence electrons. The molecular weight excluding hydrogens is 183 g/mol. The molecule has 6 heteroatoms. The van der Waals surface area contributed by atoms with Gasteiger partial charge in [0, 0.05) is 4.57 Å². The molecule has 0 bridgehead atoms. The SMILES string of the molecule is CCC(CC)C(=O)O.O=[P+](O)O. The molecule has 0 aromatic heterocycles. The van der Waals surface area contributed by atoms with Gasteiger partial charge in [0.05, 0.1) is 5.92 Å². The van der Waals surface area contributed by atoms with Crippen LogP contribution in [0.25, 0.3) is 0 Å². The standard InChI is InChI=1S/C6H12O2.HO3P/c1-3-5(4-2)6(7)8;1-4(2)3/h5H,3-4H2,1-2H3,(H,7,8);(H-,1,2,3)/p+1. The molecule has 0 rings (SSSR count). The van der Waals surface area contributed by atoms with E-state index in [1.165, 1.54) is 0 Å². The first-order valence-corrected chi connectivity index (χ1v) is 4.69. The first-order valence-electron chi connectivity index (χ1n) is 3.53. The average Bonchev–Trinajstić information content (AvgIpc) is 1.87. The summed E-state index contributed by atoms with van der Waals surface area (Å²) < 4.78 is 8.70. The third-order valence-corrected chi connectivity index (χ3v) is 1.33. The fraction of sp³-hybridized carbons (Fsp3) is 0.833. The van der Waals surface area contributed by atoms with Gasteiger partial charge < -0.3 is 5.11 Å². The minimum atomic E-state index is -2.87. The summed E-state index contributed by atoms with van der Waals surface area (Å²) in [6.45, 7) is 3.78. The summed E-state index contributed by atoms with van der Waals surface area (Å²) >= 11 is 0. The van der Waals surface area contributed by atoms with Gasteiger partial charge in [-0.1, -0.05) is 13.8 Å². The minimum Gasteiger partial charge on any atom is -0.481 e. The zero-order valence-corrected chi connectivity index (χ0v) is 7.99. The van der Waals surface area contributed by atoms with Crippen LogP contribution < -0.4 is 0 Å². The van der Waals surface area contributed by atoms with Crippen LogP contribution in [0.5, 0.6) is 0 Å². The zero-order chi connectivity index (χ0) is 10.1. The van der Waals surface area contributed by atoms with Gasteiger partial charge in [0.15, 0.2) is 0 Å². The van der Waals surface area contributed by atoms with Gasteiger partial charge in [-0.25, -0.2) is 0 Å². The zero-order valence-electron chi connectivity index (χ0n) is 7.10. The number of carbonyl (C=O) groups is 1. The van der Waals surface area contributed by atoms with Crippen molar-refractivity contribution in [3.8, 4) is 0 Å². The van der Waals surface area contributed by atoms with E-state index >= 15 is 0 Å². The Hall–Kier alpha value is -0.510. The molecule has 0 fully saturated rings. The summed E-state index contributed by atoms with van der Waals surface area (Å²) in [5.41, 5.74) is 0. The average molecular weight is 197 g/mol. The molecule has 5 nitrogen and oxygen atoms in total. The Kier molecular flexibility index (Phi) is 10.0. The van der Waals surface area contributed by atoms with Crippen LogP contribution in [0.4, 0.5) is 0 Å². The van der Waals surface area contributed by atoms with Crippen molar-refractivity contribution in [3.05, 3.63) is 0 Å². The van der Waals surface area contributed by atoms with Gasteiger partial charge in [-0.3, -0.25) is 4.79 Å². The van der Waals surface area contributed by atoms with E-state index < -0.39 is 14.2 Å². The van der Waals surface area contributed by atoms with E-state index in [-0.39, 0.29) is 5.92 Å². The van der Waals surface area contributed by atoms with E-state index in [4.69, 9.17) is 19.5 Å². The molecule has 0 aromatic carbocycles. The Bertz CT molecular complexity index is 139. The van der Waals surface area contributed by atoms with Gasteiger partial charge in [0.2, 0.25) is 0 Å². The van der Waals surface area contributed by atoms with Crippen molar-refractivity contribution in [3.63, 3.8) is 0 Å². The van der Waals surface area contributed by atoms with Gasteiger partial charge >= 0.3 is 14.2 Å². The lowest BCUT2D eigenvalue weighted by Gasteiger charge is -2.02. The fourth-order valence-electron chi connectivity index (χ4n) is 0.638. The third-order valence-electron chi connectivity index (χ3n) is 1.33. The van der Waals surface area contributed by atoms with Crippen molar-refractivity contribution < 1.29 is 24.3 Å². The number of aliphatic carboxylic acids is 1. The fourth-order valence-corrected chi connectivity index (χ4v) is 0.638. The van der Waals surface area contributed by atoms with E-state index in [0.717, 1.165) is 12.8 Å². The maximum atomic E-state index is 10.2. The number of rotatable bonds is 3. The van der Waals surface area contributed by atoms with Crippen molar-refractivity contribution >= 4 is 14.2 Å². The van der Waals surface area contributed by atoms with E-state index in [1.54, 1.807) is 0 Å². The topological polar surface area (TPSA) is 94.8 Å². The predicted molar refractivity (Wildman–Crippen MR) is 43.8 cm³/mol. The van der Waals surface area contributed by atoms with Gasteiger partial charge in [0.1, 0.15) is 0 Å². The highest BCUT2D eigenvalue weighted by Crippen LogP contribution is 2.05. The van der Waals surface area contributed by atoms with Crippen LogP contribution in [-0.2, 0) is 9.36 Å². The summed E-state index contributed by atoms with van der Waals surface area (Å²) in [5, 5.41) is 8.37. The molecule has 0 amide bonds. The van der Waals surface area contributed by atoms with Crippen LogP contribution in [-0.4, -0.2) is 20.9 Å². The molecule has 0 saturated carbocycles. The molecule has 12 heavy (non-hydrogen) atoms. The van der Waals surface area contributed by atoms with Gasteiger partial charge in [-0.2, -0.15) is 0 Å². The Morgan fingerprint density at radius 3 is 1.58 bits per heavy atom. The second-order valence-corrected chi connectivity index (χ2v) is 2.61. The molecular formula is C6H14O5P+. The van der Waals surface area contributed by atoms with Crippen molar-refractivity contribution in [1.29, 1.82) is 0 Å². The second-order valence-electron chi connectivity index (χ2n) is 2.10. The van der Waals surface area contributed by atoms with Crippen molar-refractivity contribution in [1.82, 2.24) is 0 Å². The molecule has 0 radical (unpaired) electrons. The molecule has 0 aliphatic rings. The summed E-state index contributed by atoms with van der Waals surface area (Å²) in [6, 6.07) is 0. The van der Waals surface area contributed by atoms with E-state index in [9.17, 15) is 4.79 Å². The quantitative estimate of drug-likeness (QED) is 0.589. The van der Waals surface area contributed by atoms with E-state index in [0.29, 0.717) is 0 Å². The molecule has 0 heterocycles. The van der Waals surface area contributed by atoms with Crippen molar-refractivity contribution in [2.75, 3.05) is 0 Å². The van der Waals surface area contributed by atoms with Crippen LogP contribution in [0, 0.1) is 5.92 Å². The molecule has 0 atom stereocenters. The molecule has 3 N–H and O–H groups in total. The summed E-state index contributed by atoms with van der Waals surface area (Å²) in [4.78, 5) is 24.4. The smallest absolute Gasteiger partial charge is 0.481 e. The van der Waals surface area contributed by atoms with Crippen LogP contribution in [0.2, 0.25) is 0 Å². The monoisotopic (exact) mass is 197 g/mol. The summed E-state index contributed by atoms with van der Waals surface area (Å²) in [7, 11) is -2.87. The maximum absolute atomic E-state index is 10.2. The van der Waals surface area contributed by atoms with Crippen LogP contribution in [0.1, 0.15) is 26.7 Å². The number of hydrogen-bond acceptors (Lipinski definition) is 2. The normalized spacial score (nSPS) is 8.75. The molecule has 0 aliphatic heterocycles. The highest BCUT2D eigenvalue weighted by atomic mass is 31.1. The van der Waals surface area contributed by atoms with Gasteiger partial charge in [0.25, 0.3) is 0 Å². The Morgan fingerprint density at radius 2 is 1.58 bits per heavy atom. The van der Waals surface area contributed by atoms with Crippen molar-refractivity contribution in [2.24, 2.45) is 5.92 Å².